The van der Waals surface area contributed by atoms with E-state index in [-0.39, 0.29) is 0 Å². The summed E-state index contributed by atoms with van der Waals surface area (Å²) in [5.41, 5.74) is 9.14. The van der Waals surface area contributed by atoms with Crippen LogP contribution in [0.2, 0.25) is 0 Å². The summed E-state index contributed by atoms with van der Waals surface area (Å²) in [4.78, 5) is 2.26. The number of anilines is 1. The van der Waals surface area contributed by atoms with Crippen molar-refractivity contribution >= 4 is 5.69 Å². The molecule has 0 aliphatic rings. The van der Waals surface area contributed by atoms with Crippen LogP contribution < -0.4 is 10.5 Å². The summed E-state index contributed by atoms with van der Waals surface area (Å²) in [5.74, 6) is 0.828. The van der Waals surface area contributed by atoms with Gasteiger partial charge >= 0.3 is 0 Å². The highest BCUT2D eigenvalue weighted by Crippen LogP contribution is 2.14. The van der Waals surface area contributed by atoms with Gasteiger partial charge in [-0.2, -0.15) is 0 Å². The quantitative estimate of drug-likeness (QED) is 0.820. The number of hydrogen-bond acceptors (Lipinski definition) is 3. The smallest absolute Gasteiger partial charge is 0.121 e. The standard InChI is InChI=1S/C17H22N2O/c1-14-6-3-4-7-15(14)13-19(2)10-11-20-17-9-5-8-16(18)12-17/h3-9,12H,10-11,13,18H2,1-2H3. The van der Waals surface area contributed by atoms with Gasteiger partial charge in [0.25, 0.3) is 0 Å². The molecular weight excluding hydrogens is 248 g/mol. The fourth-order valence-electron chi connectivity index (χ4n) is 2.08. The summed E-state index contributed by atoms with van der Waals surface area (Å²) >= 11 is 0. The fourth-order valence-corrected chi connectivity index (χ4v) is 2.08. The first-order valence-electron chi connectivity index (χ1n) is 6.86. The predicted molar refractivity (Wildman–Crippen MR) is 83.9 cm³/mol. The highest BCUT2D eigenvalue weighted by molar-refractivity contribution is 5.43. The molecule has 106 valence electrons. The molecule has 2 N–H and O–H groups in total. The Hall–Kier alpha value is -2.00. The number of aryl methyl sites for hydroxylation is 1. The van der Waals surface area contributed by atoms with Crippen molar-refractivity contribution in [3.8, 4) is 5.75 Å². The molecule has 0 aliphatic carbocycles. The predicted octanol–water partition coefficient (Wildman–Crippen LogP) is 3.09. The lowest BCUT2D eigenvalue weighted by molar-refractivity contribution is 0.232. The zero-order valence-corrected chi connectivity index (χ0v) is 12.2. The lowest BCUT2D eigenvalue weighted by Crippen LogP contribution is -2.24. The van der Waals surface area contributed by atoms with Crippen molar-refractivity contribution in [2.75, 3.05) is 25.9 Å². The first-order valence-corrected chi connectivity index (χ1v) is 6.86. The molecule has 0 bridgehead atoms. The molecule has 3 heteroatoms. The van der Waals surface area contributed by atoms with Crippen LogP contribution >= 0.6 is 0 Å². The maximum absolute atomic E-state index is 5.72. The normalized spacial score (nSPS) is 10.8. The minimum Gasteiger partial charge on any atom is -0.492 e. The Morgan fingerprint density at radius 1 is 1.10 bits per heavy atom. The van der Waals surface area contributed by atoms with Gasteiger partial charge in [0, 0.05) is 24.8 Å². The lowest BCUT2D eigenvalue weighted by Gasteiger charge is -2.18. The van der Waals surface area contributed by atoms with Crippen LogP contribution in [0, 0.1) is 6.92 Å². The van der Waals surface area contributed by atoms with Gasteiger partial charge in [-0.1, -0.05) is 30.3 Å². The second kappa shape index (κ2) is 6.96. The number of nitrogens with two attached hydrogens (primary N) is 1. The van der Waals surface area contributed by atoms with Crippen LogP contribution in [0.3, 0.4) is 0 Å². The van der Waals surface area contributed by atoms with Gasteiger partial charge in [0.2, 0.25) is 0 Å². The highest BCUT2D eigenvalue weighted by atomic mass is 16.5. The van der Waals surface area contributed by atoms with Crippen LogP contribution in [0.25, 0.3) is 0 Å². The molecule has 0 radical (unpaired) electrons. The molecule has 0 saturated heterocycles. The summed E-state index contributed by atoms with van der Waals surface area (Å²) < 4.78 is 5.70. The van der Waals surface area contributed by atoms with Crippen molar-refractivity contribution < 1.29 is 4.74 Å². The first kappa shape index (κ1) is 14.4. The van der Waals surface area contributed by atoms with Crippen LogP contribution in [0.4, 0.5) is 5.69 Å². The monoisotopic (exact) mass is 270 g/mol. The molecule has 20 heavy (non-hydrogen) atoms. The van der Waals surface area contributed by atoms with Crippen LogP contribution in [0.5, 0.6) is 5.75 Å². The van der Waals surface area contributed by atoms with E-state index in [1.54, 1.807) is 0 Å². The number of hydrogen-bond donors (Lipinski definition) is 1. The van der Waals surface area contributed by atoms with Crippen LogP contribution in [-0.4, -0.2) is 25.1 Å². The van der Waals surface area contributed by atoms with Gasteiger partial charge in [-0.15, -0.1) is 0 Å². The van der Waals surface area contributed by atoms with Gasteiger partial charge in [0.1, 0.15) is 12.4 Å². The van der Waals surface area contributed by atoms with E-state index in [2.05, 4.69) is 43.1 Å². The molecule has 0 unspecified atom stereocenters. The van der Waals surface area contributed by atoms with Crippen molar-refractivity contribution in [1.29, 1.82) is 0 Å². The Balaban J connectivity index is 1.78. The third-order valence-corrected chi connectivity index (χ3v) is 3.30. The third kappa shape index (κ3) is 4.28. The molecule has 2 aromatic carbocycles. The van der Waals surface area contributed by atoms with Crippen molar-refractivity contribution in [3.05, 3.63) is 59.7 Å². The van der Waals surface area contributed by atoms with Crippen molar-refractivity contribution in [1.82, 2.24) is 4.90 Å². The molecule has 3 nitrogen and oxygen atoms in total. The van der Waals surface area contributed by atoms with E-state index in [4.69, 9.17) is 10.5 Å². The van der Waals surface area contributed by atoms with Gasteiger partial charge in [0.05, 0.1) is 0 Å². The average molecular weight is 270 g/mol. The summed E-state index contributed by atoms with van der Waals surface area (Å²) in [5, 5.41) is 0. The largest absolute Gasteiger partial charge is 0.492 e. The minimum atomic E-state index is 0.659. The molecule has 2 rings (SSSR count). The van der Waals surface area contributed by atoms with Crippen LogP contribution in [0.15, 0.2) is 48.5 Å². The summed E-state index contributed by atoms with van der Waals surface area (Å²) in [6.45, 7) is 4.62. The average Bonchev–Trinajstić information content (AvgIpc) is 2.41. The molecule has 2 aromatic rings. The van der Waals surface area contributed by atoms with E-state index in [9.17, 15) is 0 Å². The van der Waals surface area contributed by atoms with Crippen LogP contribution in [-0.2, 0) is 6.54 Å². The molecule has 0 amide bonds. The Labute approximate surface area is 121 Å². The second-order valence-electron chi connectivity index (χ2n) is 5.09. The summed E-state index contributed by atoms with van der Waals surface area (Å²) in [6, 6.07) is 16.0. The van der Waals surface area contributed by atoms with Crippen LogP contribution in [0.1, 0.15) is 11.1 Å². The van der Waals surface area contributed by atoms with Gasteiger partial charge in [-0.05, 0) is 37.2 Å². The molecule has 0 saturated carbocycles. The fraction of sp³-hybridized carbons (Fsp3) is 0.294. The van der Waals surface area contributed by atoms with Crippen molar-refractivity contribution in [2.45, 2.75) is 13.5 Å². The van der Waals surface area contributed by atoms with E-state index in [1.165, 1.54) is 11.1 Å². The van der Waals surface area contributed by atoms with Gasteiger partial charge in [-0.25, -0.2) is 0 Å². The molecular formula is C17H22N2O. The summed E-state index contributed by atoms with van der Waals surface area (Å²) in [7, 11) is 2.11. The van der Waals surface area contributed by atoms with Gasteiger partial charge < -0.3 is 10.5 Å². The highest BCUT2D eigenvalue weighted by Gasteiger charge is 2.03. The molecule has 0 spiro atoms. The second-order valence-corrected chi connectivity index (χ2v) is 5.09. The minimum absolute atomic E-state index is 0.659. The van der Waals surface area contributed by atoms with Gasteiger partial charge in [-0.3, -0.25) is 4.90 Å². The van der Waals surface area contributed by atoms with Crippen molar-refractivity contribution in [3.63, 3.8) is 0 Å². The Morgan fingerprint density at radius 2 is 1.90 bits per heavy atom. The number of rotatable bonds is 6. The zero-order chi connectivity index (χ0) is 14.4. The molecule has 0 aliphatic heterocycles. The first-order chi connectivity index (χ1) is 9.65. The van der Waals surface area contributed by atoms with E-state index in [1.807, 2.05) is 24.3 Å². The number of ether oxygens (including phenoxy) is 1. The Morgan fingerprint density at radius 3 is 2.65 bits per heavy atom. The van der Waals surface area contributed by atoms with Gasteiger partial charge in [0.15, 0.2) is 0 Å². The lowest BCUT2D eigenvalue weighted by atomic mass is 10.1. The Kier molecular flexibility index (Phi) is 5.02. The van der Waals surface area contributed by atoms with E-state index >= 15 is 0 Å². The number of nitrogens with zero attached hydrogens (tertiary/aromatic N) is 1. The molecule has 0 fully saturated rings. The SMILES string of the molecule is Cc1ccccc1CN(C)CCOc1cccc(N)c1. The maximum Gasteiger partial charge on any atom is 0.121 e. The third-order valence-electron chi connectivity index (χ3n) is 3.30. The summed E-state index contributed by atoms with van der Waals surface area (Å²) in [6.07, 6.45) is 0. The number of benzene rings is 2. The molecule has 0 atom stereocenters. The van der Waals surface area contributed by atoms with E-state index in [0.717, 1.165) is 24.5 Å². The Bertz CT molecular complexity index is 554. The number of likely N-dealkylation sites (N-methyl/N-ethyl adjacent to an activating group) is 1. The van der Waals surface area contributed by atoms with E-state index < -0.39 is 0 Å². The van der Waals surface area contributed by atoms with E-state index in [0.29, 0.717) is 6.61 Å². The molecule has 0 heterocycles. The molecule has 0 aromatic heterocycles. The topological polar surface area (TPSA) is 38.5 Å². The maximum atomic E-state index is 5.72. The van der Waals surface area contributed by atoms with Crippen molar-refractivity contribution in [2.24, 2.45) is 0 Å². The zero-order valence-electron chi connectivity index (χ0n) is 12.2. The number of nitrogen functional groups attached to an aromatic ring is 1.